The number of hydrogen-bond acceptors (Lipinski definition) is 4. The van der Waals surface area contributed by atoms with Crippen LogP contribution in [0, 0.1) is 0 Å². The molecule has 4 nitrogen and oxygen atoms in total. The molecule has 0 saturated carbocycles. The number of carbonyl (C=O) groups is 1. The van der Waals surface area contributed by atoms with E-state index in [-0.39, 0.29) is 5.91 Å². The van der Waals surface area contributed by atoms with Gasteiger partial charge in [-0.2, -0.15) is 0 Å². The number of nitrogens with one attached hydrogen (secondary N) is 1. The van der Waals surface area contributed by atoms with E-state index in [0.717, 1.165) is 22.0 Å². The molecule has 4 aromatic carbocycles. The smallest absolute Gasteiger partial charge is 0.264 e. The summed E-state index contributed by atoms with van der Waals surface area (Å²) in [7, 11) is 0. The van der Waals surface area contributed by atoms with Crippen LogP contribution in [0.5, 0.6) is 5.75 Å². The maximum absolute atomic E-state index is 12.7. The highest BCUT2D eigenvalue weighted by Crippen LogP contribution is 2.34. The molecule has 0 atom stereocenters. The molecule has 1 saturated heterocycles. The second-order valence-corrected chi connectivity index (χ2v) is 9.48. The van der Waals surface area contributed by atoms with E-state index in [9.17, 15) is 4.79 Å². The fourth-order valence-corrected chi connectivity index (χ4v) is 4.81. The van der Waals surface area contributed by atoms with Gasteiger partial charge in [0.15, 0.2) is 5.17 Å². The first-order valence-corrected chi connectivity index (χ1v) is 12.1. The number of nitrogens with zero attached hydrogens (tertiary/aromatic N) is 1. The van der Waals surface area contributed by atoms with E-state index >= 15 is 0 Å². The number of amides is 1. The van der Waals surface area contributed by atoms with Crippen molar-refractivity contribution < 1.29 is 9.53 Å². The molecule has 0 radical (unpaired) electrons. The predicted molar refractivity (Wildman–Crippen MR) is 142 cm³/mol. The zero-order valence-electron chi connectivity index (χ0n) is 17.8. The first kappa shape index (κ1) is 22.5. The Morgan fingerprint density at radius 3 is 2.59 bits per heavy atom. The number of fused-ring (bicyclic) bond motifs is 1. The van der Waals surface area contributed by atoms with Crippen LogP contribution in [-0.4, -0.2) is 11.1 Å². The molecule has 1 N–H and O–H groups in total. The number of aliphatic imine (C=N–C) groups is 1. The third-order valence-electron chi connectivity index (χ3n) is 5.18. The van der Waals surface area contributed by atoms with Crippen molar-refractivity contribution in [2.45, 2.75) is 6.61 Å². The number of rotatable bonds is 5. The van der Waals surface area contributed by atoms with Crippen molar-refractivity contribution in [2.24, 2.45) is 4.99 Å². The quantitative estimate of drug-likeness (QED) is 0.284. The molecule has 1 aliphatic rings. The zero-order valence-corrected chi connectivity index (χ0v) is 20.1. The van der Waals surface area contributed by atoms with Crippen molar-refractivity contribution in [1.29, 1.82) is 0 Å². The van der Waals surface area contributed by atoms with Crippen LogP contribution in [0.3, 0.4) is 0 Å². The number of hydrogen-bond donors (Lipinski definition) is 1. The van der Waals surface area contributed by atoms with Crippen LogP contribution in [0.4, 0.5) is 5.69 Å². The van der Waals surface area contributed by atoms with Gasteiger partial charge in [0.25, 0.3) is 5.91 Å². The van der Waals surface area contributed by atoms with E-state index < -0.39 is 0 Å². The second kappa shape index (κ2) is 9.94. The van der Waals surface area contributed by atoms with Gasteiger partial charge in [0.2, 0.25) is 0 Å². The Hall–Kier alpha value is -3.25. The average Bonchev–Trinajstić information content (AvgIpc) is 3.17. The Balaban J connectivity index is 1.41. The van der Waals surface area contributed by atoms with E-state index in [2.05, 4.69) is 10.3 Å². The Bertz CT molecular complexity index is 1460. The molecule has 0 unspecified atom stereocenters. The van der Waals surface area contributed by atoms with Gasteiger partial charge in [0.1, 0.15) is 12.4 Å². The monoisotopic (exact) mass is 504 g/mol. The van der Waals surface area contributed by atoms with Crippen LogP contribution < -0.4 is 10.1 Å². The molecule has 34 heavy (non-hydrogen) atoms. The van der Waals surface area contributed by atoms with Crippen LogP contribution in [0.2, 0.25) is 10.0 Å². The van der Waals surface area contributed by atoms with Gasteiger partial charge in [-0.1, -0.05) is 71.7 Å². The molecule has 5 rings (SSSR count). The van der Waals surface area contributed by atoms with Gasteiger partial charge >= 0.3 is 0 Å². The van der Waals surface area contributed by atoms with E-state index in [4.69, 9.17) is 27.9 Å². The van der Waals surface area contributed by atoms with Crippen LogP contribution in [0.1, 0.15) is 11.1 Å². The molecule has 1 fully saturated rings. The number of amidine groups is 1. The van der Waals surface area contributed by atoms with Crippen molar-refractivity contribution >= 4 is 68.6 Å². The normalized spacial score (nSPS) is 15.8. The number of halogens is 2. The topological polar surface area (TPSA) is 50.7 Å². The molecule has 1 heterocycles. The Labute approximate surface area is 211 Å². The van der Waals surface area contributed by atoms with Crippen LogP contribution >= 0.6 is 35.0 Å². The molecule has 1 amide bonds. The van der Waals surface area contributed by atoms with Gasteiger partial charge in [0, 0.05) is 21.0 Å². The van der Waals surface area contributed by atoms with E-state index in [1.165, 1.54) is 11.8 Å². The summed E-state index contributed by atoms with van der Waals surface area (Å²) >= 11 is 13.6. The van der Waals surface area contributed by atoms with Gasteiger partial charge in [-0.25, -0.2) is 4.99 Å². The Kier molecular flexibility index (Phi) is 6.59. The summed E-state index contributed by atoms with van der Waals surface area (Å²) in [6, 6.07) is 26.7. The second-order valence-electron chi connectivity index (χ2n) is 7.58. The fraction of sp³-hybridized carbons (Fsp3) is 0.0370. The SMILES string of the molecule is O=C1NC(=Nc2cccc3ccccc23)S/C1=C\c1cc(Cl)ccc1OCc1cccc(Cl)c1. The zero-order chi connectivity index (χ0) is 23.5. The summed E-state index contributed by atoms with van der Waals surface area (Å²) in [6.45, 7) is 0.339. The summed E-state index contributed by atoms with van der Waals surface area (Å²) in [4.78, 5) is 17.9. The van der Waals surface area contributed by atoms with Crippen molar-refractivity contribution in [1.82, 2.24) is 5.32 Å². The number of carbonyl (C=O) groups excluding carboxylic acids is 1. The molecule has 4 aromatic rings. The highest BCUT2D eigenvalue weighted by molar-refractivity contribution is 8.18. The lowest BCUT2D eigenvalue weighted by Gasteiger charge is -2.10. The van der Waals surface area contributed by atoms with Crippen LogP contribution in [-0.2, 0) is 11.4 Å². The predicted octanol–water partition coefficient (Wildman–Crippen LogP) is 7.62. The molecule has 7 heteroatoms. The van der Waals surface area contributed by atoms with Gasteiger partial charge in [-0.3, -0.25) is 4.79 Å². The molecule has 0 bridgehead atoms. The highest BCUT2D eigenvalue weighted by Gasteiger charge is 2.24. The van der Waals surface area contributed by atoms with Crippen molar-refractivity contribution in [3.05, 3.63) is 111 Å². The molecule has 1 aliphatic heterocycles. The summed E-state index contributed by atoms with van der Waals surface area (Å²) in [5, 5.41) is 6.69. The first-order valence-electron chi connectivity index (χ1n) is 10.5. The summed E-state index contributed by atoms with van der Waals surface area (Å²) < 4.78 is 6.02. The molecular formula is C27H18Cl2N2O2S. The number of benzene rings is 4. The van der Waals surface area contributed by atoms with Gasteiger partial charge in [0.05, 0.1) is 10.6 Å². The van der Waals surface area contributed by atoms with E-state index in [1.54, 1.807) is 24.3 Å². The minimum absolute atomic E-state index is 0.218. The number of thioether (sulfide) groups is 1. The Morgan fingerprint density at radius 1 is 0.912 bits per heavy atom. The lowest BCUT2D eigenvalue weighted by molar-refractivity contribution is -0.115. The fourth-order valence-electron chi connectivity index (χ4n) is 3.59. The maximum atomic E-state index is 12.7. The van der Waals surface area contributed by atoms with Crippen molar-refractivity contribution in [2.75, 3.05) is 0 Å². The lowest BCUT2D eigenvalue weighted by atomic mass is 10.1. The highest BCUT2D eigenvalue weighted by atomic mass is 35.5. The summed E-state index contributed by atoms with van der Waals surface area (Å²) in [5.41, 5.74) is 2.45. The van der Waals surface area contributed by atoms with Crippen LogP contribution in [0.25, 0.3) is 16.8 Å². The largest absolute Gasteiger partial charge is 0.488 e. The number of ether oxygens (including phenoxy) is 1. The summed E-state index contributed by atoms with van der Waals surface area (Å²) in [5.74, 6) is 0.398. The molecule has 0 aliphatic carbocycles. The summed E-state index contributed by atoms with van der Waals surface area (Å²) in [6.07, 6.45) is 1.77. The lowest BCUT2D eigenvalue weighted by Crippen LogP contribution is -2.19. The van der Waals surface area contributed by atoms with Crippen molar-refractivity contribution in [3.63, 3.8) is 0 Å². The Morgan fingerprint density at radius 2 is 1.71 bits per heavy atom. The molecular weight excluding hydrogens is 487 g/mol. The third kappa shape index (κ3) is 5.12. The van der Waals surface area contributed by atoms with E-state index in [0.29, 0.717) is 38.0 Å². The van der Waals surface area contributed by atoms with Gasteiger partial charge in [-0.05, 0) is 65.2 Å². The third-order valence-corrected chi connectivity index (χ3v) is 6.56. The molecule has 168 valence electrons. The van der Waals surface area contributed by atoms with Crippen LogP contribution in [0.15, 0.2) is 94.8 Å². The van der Waals surface area contributed by atoms with E-state index in [1.807, 2.05) is 66.7 Å². The average molecular weight is 505 g/mol. The minimum atomic E-state index is -0.218. The first-order chi connectivity index (χ1) is 16.5. The minimum Gasteiger partial charge on any atom is -0.488 e. The standard InChI is InChI=1S/C27H18Cl2N2O2S/c28-20-8-3-5-17(13-20)16-33-24-12-11-21(29)14-19(24)15-25-26(32)31-27(34-25)30-23-10-4-7-18-6-1-2-9-22(18)23/h1-15H,16H2,(H,30,31,32)/b25-15-. The molecule has 0 aromatic heterocycles. The maximum Gasteiger partial charge on any atom is 0.264 e. The molecule has 0 spiro atoms. The van der Waals surface area contributed by atoms with Gasteiger partial charge < -0.3 is 10.1 Å². The van der Waals surface area contributed by atoms with Crippen molar-refractivity contribution in [3.8, 4) is 5.75 Å². The van der Waals surface area contributed by atoms with Gasteiger partial charge in [-0.15, -0.1) is 0 Å².